The lowest BCUT2D eigenvalue weighted by molar-refractivity contribution is -0.117. The summed E-state index contributed by atoms with van der Waals surface area (Å²) in [6.07, 6.45) is 1.11. The Hall–Kier alpha value is -2.62. The summed E-state index contributed by atoms with van der Waals surface area (Å²) in [6.45, 7) is 2.36. The molecule has 1 fully saturated rings. The molecular weight excluding hydrogens is 493 g/mol. The molecule has 1 heterocycles. The summed E-state index contributed by atoms with van der Waals surface area (Å²) in [6, 6.07) is 17.8. The number of likely N-dealkylation sites (tertiary alicyclic amines) is 1. The Morgan fingerprint density at radius 1 is 1.10 bits per heavy atom. The predicted octanol–water partition coefficient (Wildman–Crippen LogP) is 2.08. The number of hydrogen-bond donors (Lipinski definition) is 3. The van der Waals surface area contributed by atoms with E-state index in [2.05, 4.69) is 44.8 Å². The number of aliphatic imine (C=N–C) groups is 1. The van der Waals surface area contributed by atoms with Crippen LogP contribution in [0.5, 0.6) is 0 Å². The van der Waals surface area contributed by atoms with Gasteiger partial charge >= 0.3 is 0 Å². The number of primary amides is 1. The summed E-state index contributed by atoms with van der Waals surface area (Å²) >= 11 is 0. The molecule has 1 aliphatic heterocycles. The van der Waals surface area contributed by atoms with E-state index in [1.165, 1.54) is 5.56 Å². The summed E-state index contributed by atoms with van der Waals surface area (Å²) in [5, 5.41) is 5.88. The van der Waals surface area contributed by atoms with Crippen LogP contribution < -0.4 is 16.4 Å². The van der Waals surface area contributed by atoms with E-state index < -0.39 is 5.91 Å². The fourth-order valence-corrected chi connectivity index (χ4v) is 3.51. The zero-order chi connectivity index (χ0) is 20.6. The van der Waals surface area contributed by atoms with Crippen LogP contribution in [0.4, 0.5) is 0 Å². The van der Waals surface area contributed by atoms with Crippen LogP contribution in [-0.4, -0.2) is 49.4 Å². The summed E-state index contributed by atoms with van der Waals surface area (Å²) < 4.78 is 0. The molecule has 1 saturated heterocycles. The maximum absolute atomic E-state index is 11.9. The number of carbonyl (C=O) groups is 2. The maximum Gasteiger partial charge on any atom is 0.251 e. The Kier molecular flexibility index (Phi) is 9.10. The van der Waals surface area contributed by atoms with Crippen molar-refractivity contribution >= 4 is 41.8 Å². The zero-order valence-corrected chi connectivity index (χ0v) is 19.3. The Bertz CT molecular complexity index is 871. The molecule has 0 bridgehead atoms. The SMILES string of the molecule is CN=C(NCc1ccc(C(=O)NCC(N)=O)cc1)N1CCC(c2ccccc2)C1.I. The maximum atomic E-state index is 11.9. The third-order valence-corrected chi connectivity index (χ3v) is 5.06. The minimum atomic E-state index is -0.568. The highest BCUT2D eigenvalue weighted by Crippen LogP contribution is 2.26. The number of carbonyl (C=O) groups excluding carboxylic acids is 2. The second-order valence-electron chi connectivity index (χ2n) is 7.09. The molecule has 2 aromatic rings. The summed E-state index contributed by atoms with van der Waals surface area (Å²) in [5.41, 5.74) is 7.94. The van der Waals surface area contributed by atoms with Crippen LogP contribution in [0.2, 0.25) is 0 Å². The molecule has 0 spiro atoms. The van der Waals surface area contributed by atoms with Crippen molar-refractivity contribution in [3.8, 4) is 0 Å². The van der Waals surface area contributed by atoms with Crippen LogP contribution in [0, 0.1) is 0 Å². The molecule has 2 aromatic carbocycles. The zero-order valence-electron chi connectivity index (χ0n) is 17.0. The van der Waals surface area contributed by atoms with E-state index in [1.54, 1.807) is 19.2 Å². The van der Waals surface area contributed by atoms with E-state index in [4.69, 9.17) is 5.73 Å². The number of nitrogens with one attached hydrogen (secondary N) is 2. The summed E-state index contributed by atoms with van der Waals surface area (Å²) in [5.74, 6) is 0.518. The number of guanidine groups is 1. The molecular formula is C22H28IN5O2. The number of benzene rings is 2. The third-order valence-electron chi connectivity index (χ3n) is 5.06. The standard InChI is InChI=1S/C22H27N5O2.HI/c1-24-22(27-12-11-19(15-27)17-5-3-2-4-6-17)26-13-16-7-9-18(10-8-16)21(29)25-14-20(23)28;/h2-10,19H,11-15H2,1H3,(H2,23,28)(H,24,26)(H,25,29);1H. The lowest BCUT2D eigenvalue weighted by atomic mass is 9.99. The Morgan fingerprint density at radius 2 is 1.80 bits per heavy atom. The van der Waals surface area contributed by atoms with E-state index in [0.717, 1.165) is 31.0 Å². The molecule has 4 N–H and O–H groups in total. The first kappa shape index (κ1) is 23.7. The first-order chi connectivity index (χ1) is 14.1. The normalized spacial score (nSPS) is 16.0. The molecule has 7 nitrogen and oxygen atoms in total. The van der Waals surface area contributed by atoms with Gasteiger partial charge in [-0.05, 0) is 29.7 Å². The van der Waals surface area contributed by atoms with Gasteiger partial charge in [0.15, 0.2) is 5.96 Å². The Morgan fingerprint density at radius 3 is 2.43 bits per heavy atom. The number of halogens is 1. The lowest BCUT2D eigenvalue weighted by Gasteiger charge is -2.22. The van der Waals surface area contributed by atoms with E-state index in [0.29, 0.717) is 18.0 Å². The Balaban J connectivity index is 0.00000320. The van der Waals surface area contributed by atoms with Crippen molar-refractivity contribution in [3.63, 3.8) is 0 Å². The molecule has 0 aliphatic carbocycles. The van der Waals surface area contributed by atoms with Crippen LogP contribution in [0.15, 0.2) is 59.6 Å². The van der Waals surface area contributed by atoms with E-state index in [1.807, 2.05) is 18.2 Å². The van der Waals surface area contributed by atoms with Gasteiger partial charge in [-0.3, -0.25) is 14.6 Å². The molecule has 1 aliphatic rings. The van der Waals surface area contributed by atoms with Crippen molar-refractivity contribution in [2.75, 3.05) is 26.7 Å². The average Bonchev–Trinajstić information content (AvgIpc) is 3.23. The average molecular weight is 521 g/mol. The molecule has 8 heteroatoms. The highest BCUT2D eigenvalue weighted by molar-refractivity contribution is 14.0. The van der Waals surface area contributed by atoms with Gasteiger partial charge in [0.1, 0.15) is 0 Å². The van der Waals surface area contributed by atoms with Crippen LogP contribution in [0.1, 0.15) is 33.8 Å². The molecule has 0 radical (unpaired) electrons. The second-order valence-corrected chi connectivity index (χ2v) is 7.09. The molecule has 160 valence electrons. The van der Waals surface area contributed by atoms with Crippen molar-refractivity contribution in [3.05, 3.63) is 71.3 Å². The fourth-order valence-electron chi connectivity index (χ4n) is 3.51. The van der Waals surface area contributed by atoms with Gasteiger partial charge in [0, 0.05) is 38.2 Å². The molecule has 3 rings (SSSR count). The van der Waals surface area contributed by atoms with Crippen molar-refractivity contribution in [2.45, 2.75) is 18.9 Å². The van der Waals surface area contributed by atoms with Crippen molar-refractivity contribution < 1.29 is 9.59 Å². The molecule has 2 amide bonds. The van der Waals surface area contributed by atoms with Crippen molar-refractivity contribution in [1.82, 2.24) is 15.5 Å². The van der Waals surface area contributed by atoms with Gasteiger partial charge in [0.2, 0.25) is 5.91 Å². The molecule has 30 heavy (non-hydrogen) atoms. The van der Waals surface area contributed by atoms with Gasteiger partial charge < -0.3 is 21.3 Å². The quantitative estimate of drug-likeness (QED) is 0.308. The minimum Gasteiger partial charge on any atom is -0.368 e. The number of nitrogens with two attached hydrogens (primary N) is 1. The highest BCUT2D eigenvalue weighted by Gasteiger charge is 2.25. The number of nitrogens with zero attached hydrogens (tertiary/aromatic N) is 2. The molecule has 1 unspecified atom stereocenters. The van der Waals surface area contributed by atoms with Gasteiger partial charge in [-0.15, -0.1) is 24.0 Å². The van der Waals surface area contributed by atoms with Gasteiger partial charge in [-0.1, -0.05) is 42.5 Å². The highest BCUT2D eigenvalue weighted by atomic mass is 127. The number of amides is 2. The van der Waals surface area contributed by atoms with Gasteiger partial charge in [-0.2, -0.15) is 0 Å². The van der Waals surface area contributed by atoms with Gasteiger partial charge in [-0.25, -0.2) is 0 Å². The first-order valence-corrected chi connectivity index (χ1v) is 9.73. The first-order valence-electron chi connectivity index (χ1n) is 9.73. The summed E-state index contributed by atoms with van der Waals surface area (Å²) in [4.78, 5) is 29.4. The van der Waals surface area contributed by atoms with Gasteiger partial charge in [0.25, 0.3) is 5.91 Å². The third kappa shape index (κ3) is 6.45. The molecule has 0 aromatic heterocycles. The largest absolute Gasteiger partial charge is 0.368 e. The van der Waals surface area contributed by atoms with E-state index >= 15 is 0 Å². The van der Waals surface area contributed by atoms with Crippen molar-refractivity contribution in [1.29, 1.82) is 0 Å². The summed E-state index contributed by atoms with van der Waals surface area (Å²) in [7, 11) is 1.80. The Labute approximate surface area is 194 Å². The van der Waals surface area contributed by atoms with E-state index in [9.17, 15) is 9.59 Å². The molecule has 0 saturated carbocycles. The smallest absolute Gasteiger partial charge is 0.251 e. The predicted molar refractivity (Wildman–Crippen MR) is 129 cm³/mol. The van der Waals surface area contributed by atoms with Crippen LogP contribution in [0.3, 0.4) is 0 Å². The van der Waals surface area contributed by atoms with Gasteiger partial charge in [0.05, 0.1) is 6.54 Å². The molecule has 1 atom stereocenters. The fraction of sp³-hybridized carbons (Fsp3) is 0.318. The second kappa shape index (κ2) is 11.5. The number of hydrogen-bond acceptors (Lipinski definition) is 3. The minimum absolute atomic E-state index is 0. The van der Waals surface area contributed by atoms with Crippen LogP contribution >= 0.6 is 24.0 Å². The van der Waals surface area contributed by atoms with E-state index in [-0.39, 0.29) is 36.4 Å². The van der Waals surface area contributed by atoms with Crippen LogP contribution in [0.25, 0.3) is 0 Å². The monoisotopic (exact) mass is 521 g/mol. The van der Waals surface area contributed by atoms with Crippen LogP contribution in [-0.2, 0) is 11.3 Å². The van der Waals surface area contributed by atoms with Crippen molar-refractivity contribution in [2.24, 2.45) is 10.7 Å². The lowest BCUT2D eigenvalue weighted by Crippen LogP contribution is -2.39. The number of rotatable bonds is 6. The topological polar surface area (TPSA) is 99.8 Å².